The van der Waals surface area contributed by atoms with E-state index < -0.39 is 0 Å². The maximum Gasteiger partial charge on any atom is 0.246 e. The highest BCUT2D eigenvalue weighted by Gasteiger charge is 2.30. The van der Waals surface area contributed by atoms with E-state index in [0.29, 0.717) is 11.1 Å². The lowest BCUT2D eigenvalue weighted by Crippen LogP contribution is -2.41. The first-order valence-corrected chi connectivity index (χ1v) is 7.73. The molecule has 1 aliphatic heterocycles. The summed E-state index contributed by atoms with van der Waals surface area (Å²) in [6, 6.07) is 3.60. The number of nitrogens with zero attached hydrogens (tertiary/aromatic N) is 3. The van der Waals surface area contributed by atoms with Gasteiger partial charge in [-0.3, -0.25) is 9.78 Å². The number of carbonyl (C=O) groups is 1. The lowest BCUT2D eigenvalue weighted by atomic mass is 9.93. The zero-order chi connectivity index (χ0) is 16.0. The fraction of sp³-hybridized carbons (Fsp3) is 0.562. The Bertz CT molecular complexity index is 527. The number of rotatable bonds is 4. The van der Waals surface area contributed by atoms with Crippen LogP contribution in [0, 0.1) is 5.41 Å². The minimum absolute atomic E-state index is 0.105. The number of amides is 1. The molecule has 0 aliphatic carbocycles. The smallest absolute Gasteiger partial charge is 0.246 e. The van der Waals surface area contributed by atoms with Crippen molar-refractivity contribution in [3.8, 4) is 0 Å². The maximum atomic E-state index is 12.0. The summed E-state index contributed by atoms with van der Waals surface area (Å²) in [5.41, 5.74) is 0.990. The molecule has 2 heterocycles. The van der Waals surface area contributed by atoms with Gasteiger partial charge in [0.1, 0.15) is 6.54 Å². The van der Waals surface area contributed by atoms with Crippen molar-refractivity contribution in [2.24, 2.45) is 10.4 Å². The van der Waals surface area contributed by atoms with Crippen LogP contribution in [0.15, 0.2) is 29.5 Å². The number of guanidine groups is 1. The number of anilines is 1. The number of aliphatic imine (C=N–C) groups is 1. The summed E-state index contributed by atoms with van der Waals surface area (Å²) in [6.45, 7) is 9.38. The monoisotopic (exact) mass is 303 g/mol. The van der Waals surface area contributed by atoms with Gasteiger partial charge in [-0.25, -0.2) is 4.99 Å². The molecule has 0 atom stereocenters. The van der Waals surface area contributed by atoms with Crippen molar-refractivity contribution >= 4 is 17.6 Å². The number of nitrogens with one attached hydrogen (secondary N) is 2. The van der Waals surface area contributed by atoms with E-state index in [1.165, 1.54) is 0 Å². The van der Waals surface area contributed by atoms with E-state index in [0.717, 1.165) is 32.0 Å². The lowest BCUT2D eigenvalue weighted by Gasteiger charge is -2.23. The zero-order valence-electron chi connectivity index (χ0n) is 13.6. The van der Waals surface area contributed by atoms with Crippen molar-refractivity contribution < 1.29 is 4.79 Å². The topological polar surface area (TPSA) is 69.6 Å². The van der Waals surface area contributed by atoms with E-state index in [9.17, 15) is 4.79 Å². The first-order valence-electron chi connectivity index (χ1n) is 7.73. The van der Waals surface area contributed by atoms with Crippen molar-refractivity contribution in [2.45, 2.75) is 27.2 Å². The molecule has 6 heteroatoms. The minimum Gasteiger partial charge on any atom is -0.357 e. The van der Waals surface area contributed by atoms with Gasteiger partial charge in [-0.15, -0.1) is 0 Å². The molecule has 1 fully saturated rings. The van der Waals surface area contributed by atoms with Crippen molar-refractivity contribution in [2.75, 3.05) is 31.5 Å². The molecule has 0 radical (unpaired) electrons. The Morgan fingerprint density at radius 3 is 2.91 bits per heavy atom. The molecule has 2 N–H and O–H groups in total. The molecule has 6 nitrogen and oxygen atoms in total. The van der Waals surface area contributed by atoms with E-state index >= 15 is 0 Å². The molecular formula is C16H25N5O. The van der Waals surface area contributed by atoms with Crippen molar-refractivity contribution in [3.63, 3.8) is 0 Å². The minimum atomic E-state index is -0.137. The summed E-state index contributed by atoms with van der Waals surface area (Å²) in [4.78, 5) is 22.6. The zero-order valence-corrected chi connectivity index (χ0v) is 13.6. The number of carbonyl (C=O) groups excluding carboxylic acids is 1. The molecule has 1 amide bonds. The predicted molar refractivity (Wildman–Crippen MR) is 88.8 cm³/mol. The second-order valence-corrected chi connectivity index (χ2v) is 6.30. The van der Waals surface area contributed by atoms with Gasteiger partial charge in [0.25, 0.3) is 0 Å². The Hall–Kier alpha value is -2.11. The van der Waals surface area contributed by atoms with Gasteiger partial charge in [0.05, 0.1) is 11.9 Å². The highest BCUT2D eigenvalue weighted by atomic mass is 16.1. The molecule has 0 aromatic carbocycles. The molecule has 1 saturated heterocycles. The number of hydrogen-bond acceptors (Lipinski definition) is 3. The molecule has 1 aromatic heterocycles. The fourth-order valence-electron chi connectivity index (χ4n) is 2.50. The van der Waals surface area contributed by atoms with Crippen LogP contribution in [0.3, 0.4) is 0 Å². The van der Waals surface area contributed by atoms with Gasteiger partial charge in [0, 0.05) is 25.8 Å². The highest BCUT2D eigenvalue weighted by Crippen LogP contribution is 2.28. The maximum absolute atomic E-state index is 12.0. The van der Waals surface area contributed by atoms with Gasteiger partial charge in [-0.05, 0) is 30.9 Å². The second-order valence-electron chi connectivity index (χ2n) is 6.30. The van der Waals surface area contributed by atoms with Crippen molar-refractivity contribution in [1.29, 1.82) is 0 Å². The molecule has 0 spiro atoms. The Labute approximate surface area is 132 Å². The van der Waals surface area contributed by atoms with Crippen LogP contribution >= 0.6 is 0 Å². The van der Waals surface area contributed by atoms with Gasteiger partial charge in [-0.2, -0.15) is 0 Å². The van der Waals surface area contributed by atoms with Crippen LogP contribution in [-0.4, -0.2) is 47.9 Å². The van der Waals surface area contributed by atoms with Crippen LogP contribution in [-0.2, 0) is 4.79 Å². The van der Waals surface area contributed by atoms with Crippen LogP contribution in [0.5, 0.6) is 0 Å². The molecular weight excluding hydrogens is 278 g/mol. The Morgan fingerprint density at radius 1 is 1.50 bits per heavy atom. The molecule has 2 rings (SSSR count). The van der Waals surface area contributed by atoms with Gasteiger partial charge < -0.3 is 15.5 Å². The second kappa shape index (κ2) is 7.24. The summed E-state index contributed by atoms with van der Waals surface area (Å²) in [5, 5.41) is 6.06. The van der Waals surface area contributed by atoms with Crippen LogP contribution < -0.4 is 10.6 Å². The largest absolute Gasteiger partial charge is 0.357 e. The average Bonchev–Trinajstić information content (AvgIpc) is 2.84. The van der Waals surface area contributed by atoms with E-state index in [2.05, 4.69) is 39.4 Å². The summed E-state index contributed by atoms with van der Waals surface area (Å²) in [7, 11) is 0. The average molecular weight is 303 g/mol. The van der Waals surface area contributed by atoms with Gasteiger partial charge >= 0.3 is 0 Å². The third kappa shape index (κ3) is 4.72. The van der Waals surface area contributed by atoms with Crippen LogP contribution in [0.4, 0.5) is 5.69 Å². The molecule has 22 heavy (non-hydrogen) atoms. The SMILES string of the molecule is CCNC(=NCC(=O)Nc1cccnc1)N1CCC(C)(C)C1. The quantitative estimate of drug-likeness (QED) is 0.656. The van der Waals surface area contributed by atoms with E-state index in [1.807, 2.05) is 13.0 Å². The van der Waals surface area contributed by atoms with E-state index in [4.69, 9.17) is 0 Å². The van der Waals surface area contributed by atoms with Crippen LogP contribution in [0.25, 0.3) is 0 Å². The Balaban J connectivity index is 1.94. The molecule has 0 saturated carbocycles. The summed E-state index contributed by atoms with van der Waals surface area (Å²) >= 11 is 0. The third-order valence-corrected chi connectivity index (χ3v) is 3.63. The summed E-state index contributed by atoms with van der Waals surface area (Å²) in [5.74, 6) is 0.677. The molecule has 1 aliphatic rings. The fourth-order valence-corrected chi connectivity index (χ4v) is 2.50. The van der Waals surface area contributed by atoms with E-state index in [1.54, 1.807) is 18.5 Å². The van der Waals surface area contributed by atoms with Gasteiger partial charge in [0.2, 0.25) is 5.91 Å². The summed E-state index contributed by atoms with van der Waals surface area (Å²) < 4.78 is 0. The normalized spacial score (nSPS) is 17.4. The molecule has 0 bridgehead atoms. The van der Waals surface area contributed by atoms with Crippen molar-refractivity contribution in [1.82, 2.24) is 15.2 Å². The lowest BCUT2D eigenvalue weighted by molar-refractivity contribution is -0.114. The van der Waals surface area contributed by atoms with E-state index in [-0.39, 0.29) is 12.5 Å². The number of aromatic nitrogens is 1. The third-order valence-electron chi connectivity index (χ3n) is 3.63. The molecule has 120 valence electrons. The van der Waals surface area contributed by atoms with Crippen LogP contribution in [0.1, 0.15) is 27.2 Å². The Kier molecular flexibility index (Phi) is 5.35. The highest BCUT2D eigenvalue weighted by molar-refractivity contribution is 5.93. The standard InChI is InChI=1S/C16H25N5O/c1-4-18-15(21-9-7-16(2,3)12-21)19-11-14(22)20-13-6-5-8-17-10-13/h5-6,8,10H,4,7,9,11-12H2,1-3H3,(H,18,19)(H,20,22). The Morgan fingerprint density at radius 2 is 2.32 bits per heavy atom. The predicted octanol–water partition coefficient (Wildman–Crippen LogP) is 1.72. The van der Waals surface area contributed by atoms with Gasteiger partial charge in [-0.1, -0.05) is 13.8 Å². The first-order chi connectivity index (χ1) is 10.5. The van der Waals surface area contributed by atoms with Crippen molar-refractivity contribution in [3.05, 3.63) is 24.5 Å². The first kappa shape index (κ1) is 16.3. The molecule has 1 aromatic rings. The number of likely N-dealkylation sites (tertiary alicyclic amines) is 1. The van der Waals surface area contributed by atoms with Gasteiger partial charge in [0.15, 0.2) is 5.96 Å². The number of hydrogen-bond donors (Lipinski definition) is 2. The van der Waals surface area contributed by atoms with Crippen LogP contribution in [0.2, 0.25) is 0 Å². The molecule has 0 unspecified atom stereocenters. The number of pyridine rings is 1. The summed E-state index contributed by atoms with van der Waals surface area (Å²) in [6.07, 6.45) is 4.43.